The molecule has 0 heterocycles. The number of halogens is 1. The van der Waals surface area contributed by atoms with E-state index >= 15 is 0 Å². The summed E-state index contributed by atoms with van der Waals surface area (Å²) >= 11 is 0. The van der Waals surface area contributed by atoms with E-state index in [1.165, 1.54) is 6.07 Å². The van der Waals surface area contributed by atoms with Crippen LogP contribution >= 0.6 is 0 Å². The average molecular weight is 240 g/mol. The number of rotatable bonds is 6. The van der Waals surface area contributed by atoms with Gasteiger partial charge in [-0.05, 0) is 36.5 Å². The lowest BCUT2D eigenvalue weighted by atomic mass is 10.0. The van der Waals surface area contributed by atoms with Crippen LogP contribution in [-0.4, -0.2) is 28.9 Å². The molecule has 0 aliphatic rings. The summed E-state index contributed by atoms with van der Waals surface area (Å²) in [5, 5.41) is 18.2. The number of aryl methyl sites for hydroxylation is 1. The first-order valence-corrected chi connectivity index (χ1v) is 5.39. The van der Waals surface area contributed by atoms with E-state index in [9.17, 15) is 14.3 Å². The van der Waals surface area contributed by atoms with Crippen molar-refractivity contribution in [3.63, 3.8) is 0 Å². The second-order valence-electron chi connectivity index (χ2n) is 3.90. The van der Waals surface area contributed by atoms with Crippen molar-refractivity contribution in [2.75, 3.05) is 6.67 Å². The van der Waals surface area contributed by atoms with Crippen molar-refractivity contribution in [2.45, 2.75) is 25.3 Å². The monoisotopic (exact) mass is 240 g/mol. The van der Waals surface area contributed by atoms with Gasteiger partial charge in [0, 0.05) is 0 Å². The lowest BCUT2D eigenvalue weighted by Gasteiger charge is -2.09. The number of carboxylic acids is 1. The number of aliphatic carboxylic acids is 1. The van der Waals surface area contributed by atoms with E-state index in [-0.39, 0.29) is 12.2 Å². The quantitative estimate of drug-likeness (QED) is 0.698. The minimum absolute atomic E-state index is 0.103. The minimum atomic E-state index is -1.07. The number of benzene rings is 1. The van der Waals surface area contributed by atoms with Gasteiger partial charge in [0.05, 0.1) is 6.67 Å². The molecule has 0 amide bonds. The number of alkyl halides is 1. The number of nitrogens with two attached hydrogens (primary N) is 1. The zero-order valence-electron chi connectivity index (χ0n) is 9.40. The van der Waals surface area contributed by atoms with E-state index in [0.717, 1.165) is 5.56 Å². The first-order chi connectivity index (χ1) is 8.04. The molecule has 4 nitrogen and oxygen atoms in total. The summed E-state index contributed by atoms with van der Waals surface area (Å²) in [7, 11) is 0. The molecule has 0 fully saturated rings. The second-order valence-corrected chi connectivity index (χ2v) is 3.90. The summed E-state index contributed by atoms with van der Waals surface area (Å²) in [4.78, 5) is 10.6. The van der Waals surface area contributed by atoms with Crippen molar-refractivity contribution in [3.05, 3.63) is 29.3 Å². The topological polar surface area (TPSA) is 83.5 Å². The molecule has 5 heteroatoms. The summed E-state index contributed by atoms with van der Waals surface area (Å²) in [5.74, 6) is -0.963. The van der Waals surface area contributed by atoms with Crippen LogP contribution in [0.15, 0.2) is 18.2 Å². The normalized spacial score (nSPS) is 12.4. The maximum absolute atomic E-state index is 12.0. The predicted molar refractivity (Wildman–Crippen MR) is 61.7 cm³/mol. The number of phenolic OH excluding ortho intramolecular Hbond substituents is 1. The van der Waals surface area contributed by atoms with Crippen LogP contribution in [0.25, 0.3) is 0 Å². The van der Waals surface area contributed by atoms with Crippen LogP contribution in [0.1, 0.15) is 17.5 Å². The fraction of sp³-hybridized carbons (Fsp3) is 0.417. The Kier molecular flexibility index (Phi) is 4.90. The highest BCUT2D eigenvalue weighted by Gasteiger charge is 2.13. The Morgan fingerprint density at radius 2 is 2.18 bits per heavy atom. The Balaban J connectivity index is 2.77. The van der Waals surface area contributed by atoms with E-state index in [2.05, 4.69) is 0 Å². The largest absolute Gasteiger partial charge is 0.508 e. The van der Waals surface area contributed by atoms with Crippen molar-refractivity contribution in [1.29, 1.82) is 0 Å². The van der Waals surface area contributed by atoms with Crippen LogP contribution in [0, 0.1) is 0 Å². The summed E-state index contributed by atoms with van der Waals surface area (Å²) in [6.07, 6.45) is 0.957. The maximum atomic E-state index is 12.0. The molecular weight excluding hydrogens is 224 g/mol. The number of aromatic hydroxyl groups is 1. The molecule has 0 saturated carbocycles. The Hall–Kier alpha value is -1.62. The van der Waals surface area contributed by atoms with Crippen LogP contribution in [0.4, 0.5) is 4.39 Å². The van der Waals surface area contributed by atoms with Gasteiger partial charge in [-0.2, -0.15) is 0 Å². The zero-order valence-corrected chi connectivity index (χ0v) is 9.40. The van der Waals surface area contributed by atoms with Crippen LogP contribution in [0.3, 0.4) is 0 Å². The minimum Gasteiger partial charge on any atom is -0.508 e. The Labute approximate surface area is 98.9 Å². The number of phenols is 1. The third-order valence-electron chi connectivity index (χ3n) is 2.50. The fourth-order valence-corrected chi connectivity index (χ4v) is 1.56. The van der Waals surface area contributed by atoms with E-state index in [1.54, 1.807) is 12.1 Å². The number of carbonyl (C=O) groups is 1. The molecule has 0 aromatic heterocycles. The zero-order chi connectivity index (χ0) is 12.8. The Morgan fingerprint density at radius 1 is 1.47 bits per heavy atom. The number of hydrogen-bond acceptors (Lipinski definition) is 3. The summed E-state index contributed by atoms with van der Waals surface area (Å²) in [6, 6.07) is 3.82. The average Bonchev–Trinajstić information content (AvgIpc) is 2.29. The summed E-state index contributed by atoms with van der Waals surface area (Å²) in [5.41, 5.74) is 6.77. The van der Waals surface area contributed by atoms with Gasteiger partial charge in [0.2, 0.25) is 0 Å². The Morgan fingerprint density at radius 3 is 2.76 bits per heavy atom. The Bertz CT molecular complexity index is 395. The third-order valence-corrected chi connectivity index (χ3v) is 2.50. The molecule has 4 N–H and O–H groups in total. The lowest BCUT2D eigenvalue weighted by molar-refractivity contribution is -0.138. The molecule has 0 radical (unpaired) electrons. The van der Waals surface area contributed by atoms with Gasteiger partial charge in [-0.15, -0.1) is 0 Å². The molecular formula is C12H16FNO3. The van der Waals surface area contributed by atoms with E-state index in [1.807, 2.05) is 0 Å². The van der Waals surface area contributed by atoms with Crippen molar-refractivity contribution >= 4 is 5.97 Å². The summed E-state index contributed by atoms with van der Waals surface area (Å²) < 4.78 is 12.0. The first kappa shape index (κ1) is 13.4. The van der Waals surface area contributed by atoms with Crippen LogP contribution < -0.4 is 5.73 Å². The summed E-state index contributed by atoms with van der Waals surface area (Å²) in [6.45, 7) is -0.446. The van der Waals surface area contributed by atoms with Crippen LogP contribution in [0.2, 0.25) is 0 Å². The second kappa shape index (κ2) is 6.20. The molecule has 17 heavy (non-hydrogen) atoms. The van der Waals surface area contributed by atoms with Crippen LogP contribution in [0.5, 0.6) is 5.75 Å². The molecule has 1 atom stereocenters. The van der Waals surface area contributed by atoms with Crippen molar-refractivity contribution in [1.82, 2.24) is 0 Å². The number of carboxylic acid groups (broad SMARTS) is 1. The molecule has 0 spiro atoms. The van der Waals surface area contributed by atoms with Gasteiger partial charge in [-0.1, -0.05) is 12.1 Å². The predicted octanol–water partition coefficient (Wildman–Crippen LogP) is 1.25. The fourth-order valence-electron chi connectivity index (χ4n) is 1.56. The van der Waals surface area contributed by atoms with Gasteiger partial charge in [-0.25, -0.2) is 0 Å². The highest BCUT2D eigenvalue weighted by molar-refractivity contribution is 5.73. The van der Waals surface area contributed by atoms with Gasteiger partial charge in [0.1, 0.15) is 11.8 Å². The molecule has 1 rings (SSSR count). The van der Waals surface area contributed by atoms with E-state index in [4.69, 9.17) is 10.8 Å². The van der Waals surface area contributed by atoms with E-state index in [0.29, 0.717) is 18.4 Å². The van der Waals surface area contributed by atoms with E-state index < -0.39 is 18.7 Å². The van der Waals surface area contributed by atoms with Gasteiger partial charge >= 0.3 is 5.97 Å². The SMILES string of the molecule is N[C@@H](Cc1ccc(O)c(CCC[18F])c1)C(=O)O. The van der Waals surface area contributed by atoms with Gasteiger partial charge < -0.3 is 15.9 Å². The third kappa shape index (κ3) is 4.03. The smallest absolute Gasteiger partial charge is 0.320 e. The first-order valence-electron chi connectivity index (χ1n) is 5.39. The molecule has 0 aliphatic carbocycles. The molecule has 94 valence electrons. The standard InChI is InChI=1S/C12H16FNO3/c13-5-1-2-9-6-8(3-4-11(9)15)7-10(14)12(16)17/h3-4,6,10,15H,1-2,5,7,14H2,(H,16,17)/t10-/m0/s1/i13-1. The molecule has 0 unspecified atom stereocenters. The highest BCUT2D eigenvalue weighted by atomic mass is 18.2. The lowest BCUT2D eigenvalue weighted by Crippen LogP contribution is -2.32. The molecule has 1 aromatic carbocycles. The van der Waals surface area contributed by atoms with Crippen LogP contribution in [-0.2, 0) is 17.6 Å². The van der Waals surface area contributed by atoms with Gasteiger partial charge in [-0.3, -0.25) is 9.18 Å². The molecule has 1 aromatic rings. The van der Waals surface area contributed by atoms with Crippen molar-refractivity contribution in [2.24, 2.45) is 5.73 Å². The van der Waals surface area contributed by atoms with Crippen molar-refractivity contribution in [3.8, 4) is 5.75 Å². The van der Waals surface area contributed by atoms with Gasteiger partial charge in [0.25, 0.3) is 0 Å². The highest BCUT2D eigenvalue weighted by Crippen LogP contribution is 2.20. The van der Waals surface area contributed by atoms with Gasteiger partial charge in [0.15, 0.2) is 0 Å². The molecule has 0 bridgehead atoms. The van der Waals surface area contributed by atoms with Crippen molar-refractivity contribution < 1.29 is 19.4 Å². The molecule has 0 aliphatic heterocycles. The number of hydrogen-bond donors (Lipinski definition) is 3. The molecule has 0 saturated heterocycles. The maximum Gasteiger partial charge on any atom is 0.320 e.